The van der Waals surface area contributed by atoms with Crippen molar-refractivity contribution in [2.24, 2.45) is 0 Å². The van der Waals surface area contributed by atoms with E-state index in [2.05, 4.69) is 5.32 Å². The summed E-state index contributed by atoms with van der Waals surface area (Å²) in [5, 5.41) is 11.3. The van der Waals surface area contributed by atoms with Crippen LogP contribution in [0.4, 0.5) is 0 Å². The van der Waals surface area contributed by atoms with Crippen molar-refractivity contribution in [1.29, 1.82) is 0 Å². The molecule has 1 heterocycles. The molecular weight excluding hydrogens is 130 g/mol. The maximum Gasteiger partial charge on any atom is 0.307 e. The molecule has 3 heteroatoms. The molecule has 0 amide bonds. The van der Waals surface area contributed by atoms with E-state index in [-0.39, 0.29) is 6.42 Å². The van der Waals surface area contributed by atoms with Gasteiger partial charge in [-0.1, -0.05) is 6.08 Å². The standard InChI is InChI=1S/C7H9NO2/c9-7(10)4-6-2-1-3-8-5-6/h1-3,8H,4-5H2,(H,9,10). The Kier molecular flexibility index (Phi) is 2.10. The van der Waals surface area contributed by atoms with Gasteiger partial charge < -0.3 is 10.4 Å². The molecule has 0 unspecified atom stereocenters. The van der Waals surface area contributed by atoms with Gasteiger partial charge in [0.2, 0.25) is 0 Å². The molecule has 10 heavy (non-hydrogen) atoms. The van der Waals surface area contributed by atoms with Gasteiger partial charge in [0, 0.05) is 6.54 Å². The van der Waals surface area contributed by atoms with Gasteiger partial charge in [0.15, 0.2) is 0 Å². The maximum absolute atomic E-state index is 10.2. The van der Waals surface area contributed by atoms with Crippen LogP contribution >= 0.6 is 0 Å². The summed E-state index contributed by atoms with van der Waals surface area (Å²) in [5.41, 5.74) is 0.912. The first-order valence-corrected chi connectivity index (χ1v) is 3.09. The first-order chi connectivity index (χ1) is 4.79. The maximum atomic E-state index is 10.2. The zero-order chi connectivity index (χ0) is 7.40. The van der Waals surface area contributed by atoms with Crippen LogP contribution in [-0.4, -0.2) is 17.6 Å². The quantitative estimate of drug-likeness (QED) is 0.585. The third kappa shape index (κ3) is 1.93. The van der Waals surface area contributed by atoms with Gasteiger partial charge >= 0.3 is 5.97 Å². The lowest BCUT2D eigenvalue weighted by Crippen LogP contribution is -2.14. The summed E-state index contributed by atoms with van der Waals surface area (Å²) < 4.78 is 0. The van der Waals surface area contributed by atoms with Gasteiger partial charge in [0.05, 0.1) is 6.42 Å². The highest BCUT2D eigenvalue weighted by Crippen LogP contribution is 2.02. The lowest BCUT2D eigenvalue weighted by Gasteiger charge is -2.07. The molecule has 1 aliphatic rings. The SMILES string of the molecule is O=C(O)CC1=CC=CNC1. The average molecular weight is 139 g/mol. The van der Waals surface area contributed by atoms with Gasteiger partial charge in [-0.3, -0.25) is 4.79 Å². The van der Waals surface area contributed by atoms with E-state index in [9.17, 15) is 4.79 Å². The predicted molar refractivity (Wildman–Crippen MR) is 37.5 cm³/mol. The van der Waals surface area contributed by atoms with Crippen LogP contribution in [-0.2, 0) is 4.79 Å². The van der Waals surface area contributed by atoms with Crippen molar-refractivity contribution in [3.8, 4) is 0 Å². The van der Waals surface area contributed by atoms with Crippen molar-refractivity contribution in [2.45, 2.75) is 6.42 Å². The number of carboxylic acids is 1. The first-order valence-electron chi connectivity index (χ1n) is 3.09. The number of hydrogen-bond donors (Lipinski definition) is 2. The summed E-state index contributed by atoms with van der Waals surface area (Å²) in [6.07, 6.45) is 5.56. The van der Waals surface area contributed by atoms with Crippen LogP contribution in [0.25, 0.3) is 0 Å². The molecule has 1 rings (SSSR count). The van der Waals surface area contributed by atoms with Crippen LogP contribution in [0.2, 0.25) is 0 Å². The van der Waals surface area contributed by atoms with Crippen LogP contribution < -0.4 is 5.32 Å². The minimum absolute atomic E-state index is 0.136. The molecular formula is C7H9NO2. The monoisotopic (exact) mass is 139 g/mol. The van der Waals surface area contributed by atoms with Crippen molar-refractivity contribution in [3.05, 3.63) is 23.9 Å². The number of nitrogens with one attached hydrogen (secondary N) is 1. The highest BCUT2D eigenvalue weighted by atomic mass is 16.4. The van der Waals surface area contributed by atoms with Gasteiger partial charge in [-0.05, 0) is 17.8 Å². The van der Waals surface area contributed by atoms with Crippen LogP contribution in [0, 0.1) is 0 Å². The Hall–Kier alpha value is -1.25. The summed E-state index contributed by atoms with van der Waals surface area (Å²) in [7, 11) is 0. The Morgan fingerprint density at radius 2 is 2.60 bits per heavy atom. The van der Waals surface area contributed by atoms with E-state index in [1.165, 1.54) is 0 Å². The van der Waals surface area contributed by atoms with E-state index in [1.54, 1.807) is 6.20 Å². The molecule has 0 atom stereocenters. The Labute approximate surface area is 59.0 Å². The number of carboxylic acid groups (broad SMARTS) is 1. The zero-order valence-electron chi connectivity index (χ0n) is 5.50. The van der Waals surface area contributed by atoms with E-state index in [4.69, 9.17) is 5.11 Å². The molecule has 0 saturated carbocycles. The van der Waals surface area contributed by atoms with Crippen molar-refractivity contribution in [1.82, 2.24) is 5.32 Å². The largest absolute Gasteiger partial charge is 0.481 e. The average Bonchev–Trinajstić information content (AvgIpc) is 1.88. The minimum atomic E-state index is -0.775. The molecule has 0 aromatic carbocycles. The van der Waals surface area contributed by atoms with Gasteiger partial charge in [-0.25, -0.2) is 0 Å². The molecule has 3 nitrogen and oxygen atoms in total. The number of allylic oxidation sites excluding steroid dienone is 2. The van der Waals surface area contributed by atoms with E-state index in [0.717, 1.165) is 5.57 Å². The Bertz CT molecular complexity index is 194. The lowest BCUT2D eigenvalue weighted by molar-refractivity contribution is -0.136. The second kappa shape index (κ2) is 3.06. The number of hydrogen-bond acceptors (Lipinski definition) is 2. The highest BCUT2D eigenvalue weighted by molar-refractivity contribution is 5.70. The Morgan fingerprint density at radius 3 is 3.10 bits per heavy atom. The fourth-order valence-corrected chi connectivity index (χ4v) is 0.817. The molecule has 0 aromatic heterocycles. The van der Waals surface area contributed by atoms with Crippen molar-refractivity contribution in [2.75, 3.05) is 6.54 Å². The summed E-state index contributed by atoms with van der Waals surface area (Å²) in [5.74, 6) is -0.775. The molecule has 2 N–H and O–H groups in total. The van der Waals surface area contributed by atoms with E-state index in [0.29, 0.717) is 6.54 Å². The van der Waals surface area contributed by atoms with Crippen LogP contribution in [0.3, 0.4) is 0 Å². The van der Waals surface area contributed by atoms with Crippen LogP contribution in [0.15, 0.2) is 23.9 Å². The van der Waals surface area contributed by atoms with E-state index >= 15 is 0 Å². The lowest BCUT2D eigenvalue weighted by atomic mass is 10.1. The summed E-state index contributed by atoms with van der Waals surface area (Å²) >= 11 is 0. The fourth-order valence-electron chi connectivity index (χ4n) is 0.817. The van der Waals surface area contributed by atoms with Crippen molar-refractivity contribution in [3.63, 3.8) is 0 Å². The summed E-state index contributed by atoms with van der Waals surface area (Å²) in [4.78, 5) is 10.2. The normalized spacial score (nSPS) is 15.8. The Balaban J connectivity index is 2.47. The van der Waals surface area contributed by atoms with E-state index < -0.39 is 5.97 Å². The fraction of sp³-hybridized carbons (Fsp3) is 0.286. The smallest absolute Gasteiger partial charge is 0.307 e. The molecule has 0 bridgehead atoms. The van der Waals surface area contributed by atoms with Gasteiger partial charge in [0.25, 0.3) is 0 Å². The van der Waals surface area contributed by atoms with Crippen LogP contribution in [0.1, 0.15) is 6.42 Å². The molecule has 0 spiro atoms. The topological polar surface area (TPSA) is 49.3 Å². The second-order valence-electron chi connectivity index (χ2n) is 2.14. The van der Waals surface area contributed by atoms with Crippen molar-refractivity contribution >= 4 is 5.97 Å². The number of aliphatic carboxylic acids is 1. The minimum Gasteiger partial charge on any atom is -0.481 e. The number of carbonyl (C=O) groups is 1. The molecule has 0 fully saturated rings. The predicted octanol–water partition coefficient (Wildman–Crippen LogP) is 0.504. The van der Waals surface area contributed by atoms with Gasteiger partial charge in [-0.2, -0.15) is 0 Å². The van der Waals surface area contributed by atoms with Gasteiger partial charge in [0.1, 0.15) is 0 Å². The van der Waals surface area contributed by atoms with Gasteiger partial charge in [-0.15, -0.1) is 0 Å². The Morgan fingerprint density at radius 1 is 1.80 bits per heavy atom. The third-order valence-electron chi connectivity index (χ3n) is 1.25. The molecule has 0 radical (unpaired) electrons. The molecule has 54 valence electrons. The van der Waals surface area contributed by atoms with Crippen molar-refractivity contribution < 1.29 is 9.90 Å². The molecule has 1 aliphatic heterocycles. The first kappa shape index (κ1) is 6.86. The summed E-state index contributed by atoms with van der Waals surface area (Å²) in [6.45, 7) is 0.656. The van der Waals surface area contributed by atoms with E-state index in [1.807, 2.05) is 12.2 Å². The summed E-state index contributed by atoms with van der Waals surface area (Å²) in [6, 6.07) is 0. The third-order valence-corrected chi connectivity index (χ3v) is 1.25. The molecule has 0 saturated heterocycles. The second-order valence-corrected chi connectivity index (χ2v) is 2.14. The molecule has 0 aliphatic carbocycles. The number of dihydropyridines is 1. The van der Waals surface area contributed by atoms with Crippen LogP contribution in [0.5, 0.6) is 0 Å². The highest BCUT2D eigenvalue weighted by Gasteiger charge is 2.03. The zero-order valence-corrected chi connectivity index (χ0v) is 5.50. The number of rotatable bonds is 2. The molecule has 0 aromatic rings.